The number of rotatable bonds is 2. The Kier molecular flexibility index (Phi) is 3.50. The SMILES string of the molecule is [C-]#[N+]c1ccc(C2(N=[N+]=[N-])CCCCC2=O)c(F)c1. The highest BCUT2D eigenvalue weighted by molar-refractivity contribution is 5.90. The molecule has 0 aromatic heterocycles. The molecule has 0 bridgehead atoms. The molecule has 1 aliphatic carbocycles. The fourth-order valence-corrected chi connectivity index (χ4v) is 2.44. The highest BCUT2D eigenvalue weighted by Crippen LogP contribution is 2.40. The summed E-state index contributed by atoms with van der Waals surface area (Å²) in [6.45, 7) is 6.83. The highest BCUT2D eigenvalue weighted by Gasteiger charge is 2.42. The molecule has 2 rings (SSSR count). The largest absolute Gasteiger partial charge is 0.299 e. The van der Waals surface area contributed by atoms with Crippen LogP contribution in [0.2, 0.25) is 0 Å². The fraction of sp³-hybridized carbons (Fsp3) is 0.385. The molecule has 96 valence electrons. The molecule has 19 heavy (non-hydrogen) atoms. The third kappa shape index (κ3) is 2.16. The number of carbonyl (C=O) groups excluding carboxylic acids is 1. The average Bonchev–Trinajstić information content (AvgIpc) is 2.41. The van der Waals surface area contributed by atoms with E-state index in [1.807, 2.05) is 0 Å². The minimum atomic E-state index is -1.45. The first-order chi connectivity index (χ1) is 9.14. The standard InChI is InChI=1S/C13H11FN4O/c1-16-9-5-6-10(11(14)8-9)13(17-18-15)7-3-2-4-12(13)19/h5-6,8H,2-4,7H2. The van der Waals surface area contributed by atoms with Gasteiger partial charge in [0.25, 0.3) is 0 Å². The van der Waals surface area contributed by atoms with Crippen LogP contribution in [0.4, 0.5) is 10.1 Å². The number of nitrogens with zero attached hydrogens (tertiary/aromatic N) is 4. The Morgan fingerprint density at radius 2 is 2.21 bits per heavy atom. The van der Waals surface area contributed by atoms with E-state index >= 15 is 0 Å². The lowest BCUT2D eigenvalue weighted by Crippen LogP contribution is -2.37. The molecule has 1 aromatic rings. The van der Waals surface area contributed by atoms with E-state index in [2.05, 4.69) is 14.9 Å². The summed E-state index contributed by atoms with van der Waals surface area (Å²) in [6, 6.07) is 3.88. The van der Waals surface area contributed by atoms with Gasteiger partial charge in [-0.3, -0.25) is 4.79 Å². The Bertz CT molecular complexity index is 616. The molecule has 0 radical (unpaired) electrons. The Labute approximate surface area is 109 Å². The van der Waals surface area contributed by atoms with Crippen molar-refractivity contribution in [1.29, 1.82) is 0 Å². The van der Waals surface area contributed by atoms with Crippen LogP contribution in [0.25, 0.3) is 15.3 Å². The summed E-state index contributed by atoms with van der Waals surface area (Å²) in [4.78, 5) is 18.0. The number of benzene rings is 1. The molecular weight excluding hydrogens is 247 g/mol. The van der Waals surface area contributed by atoms with Gasteiger partial charge in [-0.05, 0) is 24.4 Å². The van der Waals surface area contributed by atoms with E-state index in [9.17, 15) is 9.18 Å². The van der Waals surface area contributed by atoms with E-state index in [1.54, 1.807) is 0 Å². The Morgan fingerprint density at radius 3 is 2.79 bits per heavy atom. The Morgan fingerprint density at radius 1 is 1.42 bits per heavy atom. The molecule has 0 aliphatic heterocycles. The normalized spacial score (nSPS) is 22.4. The van der Waals surface area contributed by atoms with E-state index in [4.69, 9.17) is 12.1 Å². The molecule has 5 nitrogen and oxygen atoms in total. The van der Waals surface area contributed by atoms with E-state index in [-0.39, 0.29) is 23.5 Å². The van der Waals surface area contributed by atoms with Gasteiger partial charge in [-0.15, -0.1) is 0 Å². The van der Waals surface area contributed by atoms with Gasteiger partial charge in [-0.25, -0.2) is 9.24 Å². The number of hydrogen-bond donors (Lipinski definition) is 0. The van der Waals surface area contributed by atoms with Gasteiger partial charge < -0.3 is 0 Å². The molecule has 1 unspecified atom stereocenters. The molecule has 1 fully saturated rings. The van der Waals surface area contributed by atoms with Gasteiger partial charge in [-0.1, -0.05) is 23.7 Å². The summed E-state index contributed by atoms with van der Waals surface area (Å²) in [5.41, 5.74) is 7.47. The van der Waals surface area contributed by atoms with Crippen LogP contribution in [0, 0.1) is 12.4 Å². The third-order valence-electron chi connectivity index (χ3n) is 3.40. The van der Waals surface area contributed by atoms with Gasteiger partial charge >= 0.3 is 0 Å². The zero-order valence-electron chi connectivity index (χ0n) is 10.1. The zero-order chi connectivity index (χ0) is 13.9. The first-order valence-corrected chi connectivity index (χ1v) is 5.91. The first-order valence-electron chi connectivity index (χ1n) is 5.91. The molecule has 0 heterocycles. The number of ketones is 1. The van der Waals surface area contributed by atoms with Crippen molar-refractivity contribution in [2.45, 2.75) is 31.2 Å². The van der Waals surface area contributed by atoms with Crippen LogP contribution >= 0.6 is 0 Å². The van der Waals surface area contributed by atoms with Crippen molar-refractivity contribution in [2.75, 3.05) is 0 Å². The van der Waals surface area contributed by atoms with Crippen LogP contribution in [0.5, 0.6) is 0 Å². The molecule has 0 saturated heterocycles. The molecule has 0 spiro atoms. The lowest BCUT2D eigenvalue weighted by atomic mass is 9.76. The highest BCUT2D eigenvalue weighted by atomic mass is 19.1. The molecule has 6 heteroatoms. The lowest BCUT2D eigenvalue weighted by Gasteiger charge is -2.31. The quantitative estimate of drug-likeness (QED) is 0.341. The van der Waals surface area contributed by atoms with Gasteiger partial charge in [0.2, 0.25) is 0 Å². The summed E-state index contributed by atoms with van der Waals surface area (Å²) in [7, 11) is 0. The number of halogens is 1. The summed E-state index contributed by atoms with van der Waals surface area (Å²) in [5.74, 6) is -0.929. The lowest BCUT2D eigenvalue weighted by molar-refractivity contribution is -0.126. The second-order valence-corrected chi connectivity index (χ2v) is 4.46. The number of hydrogen-bond acceptors (Lipinski definition) is 2. The van der Waals surface area contributed by atoms with Crippen molar-refractivity contribution >= 4 is 11.5 Å². The predicted octanol–water partition coefficient (Wildman–Crippen LogP) is 4.03. The number of Topliss-reactive ketones (excluding diaryl/α,β-unsaturated/α-hetero) is 1. The Balaban J connectivity index is 2.60. The molecule has 1 saturated carbocycles. The third-order valence-corrected chi connectivity index (χ3v) is 3.40. The smallest absolute Gasteiger partial charge is 0.190 e. The topological polar surface area (TPSA) is 70.2 Å². The minimum Gasteiger partial charge on any atom is -0.299 e. The molecule has 0 N–H and O–H groups in total. The van der Waals surface area contributed by atoms with Crippen LogP contribution in [-0.2, 0) is 10.3 Å². The predicted molar refractivity (Wildman–Crippen MR) is 67.0 cm³/mol. The summed E-state index contributed by atoms with van der Waals surface area (Å²) < 4.78 is 14.1. The summed E-state index contributed by atoms with van der Waals surface area (Å²) in [5, 5.41) is 3.60. The number of carbonyl (C=O) groups is 1. The van der Waals surface area contributed by atoms with Crippen molar-refractivity contribution in [1.82, 2.24) is 0 Å². The van der Waals surface area contributed by atoms with E-state index < -0.39 is 11.4 Å². The monoisotopic (exact) mass is 258 g/mol. The van der Waals surface area contributed by atoms with Gasteiger partial charge in [0.05, 0.1) is 6.57 Å². The van der Waals surface area contributed by atoms with E-state index in [1.165, 1.54) is 12.1 Å². The fourth-order valence-electron chi connectivity index (χ4n) is 2.44. The van der Waals surface area contributed by atoms with Crippen molar-refractivity contribution in [2.24, 2.45) is 5.11 Å². The summed E-state index contributed by atoms with van der Waals surface area (Å²) >= 11 is 0. The Hall–Kier alpha value is -2.38. The van der Waals surface area contributed by atoms with Crippen molar-refractivity contribution in [3.63, 3.8) is 0 Å². The molecule has 0 amide bonds. The molecule has 1 aliphatic rings. The van der Waals surface area contributed by atoms with E-state index in [0.29, 0.717) is 12.8 Å². The zero-order valence-corrected chi connectivity index (χ0v) is 10.1. The second-order valence-electron chi connectivity index (χ2n) is 4.46. The molecule has 1 aromatic carbocycles. The van der Waals surface area contributed by atoms with Gasteiger partial charge in [0.1, 0.15) is 17.1 Å². The second kappa shape index (κ2) is 5.09. The first kappa shape index (κ1) is 13.1. The maximum absolute atomic E-state index is 14.1. The maximum Gasteiger partial charge on any atom is 0.190 e. The van der Waals surface area contributed by atoms with Crippen LogP contribution in [-0.4, -0.2) is 5.78 Å². The van der Waals surface area contributed by atoms with Gasteiger partial charge in [0.15, 0.2) is 5.69 Å². The van der Waals surface area contributed by atoms with Crippen molar-refractivity contribution in [3.8, 4) is 0 Å². The van der Waals surface area contributed by atoms with Crippen molar-refractivity contribution in [3.05, 3.63) is 51.4 Å². The van der Waals surface area contributed by atoms with Crippen molar-refractivity contribution < 1.29 is 9.18 Å². The van der Waals surface area contributed by atoms with Crippen LogP contribution < -0.4 is 0 Å². The molecular formula is C13H11FN4O. The number of azide groups is 1. The molecule has 1 atom stereocenters. The van der Waals surface area contributed by atoms with Crippen LogP contribution in [0.1, 0.15) is 31.2 Å². The van der Waals surface area contributed by atoms with Gasteiger partial charge in [-0.2, -0.15) is 0 Å². The van der Waals surface area contributed by atoms with Gasteiger partial charge in [0, 0.05) is 16.9 Å². The maximum atomic E-state index is 14.1. The summed E-state index contributed by atoms with van der Waals surface area (Å²) in [6.07, 6.45) is 2.02. The van der Waals surface area contributed by atoms with E-state index in [0.717, 1.165) is 12.5 Å². The average molecular weight is 258 g/mol. The van der Waals surface area contributed by atoms with Crippen LogP contribution in [0.3, 0.4) is 0 Å². The minimum absolute atomic E-state index is 0.0717. The van der Waals surface area contributed by atoms with Crippen LogP contribution in [0.15, 0.2) is 23.3 Å².